The Balaban J connectivity index is 2.00. The van der Waals surface area contributed by atoms with Gasteiger partial charge >= 0.3 is 0 Å². The number of aromatic nitrogens is 1. The molecule has 0 radical (unpaired) electrons. The summed E-state index contributed by atoms with van der Waals surface area (Å²) < 4.78 is 0. The number of hydrogen-bond acceptors (Lipinski definition) is 3. The monoisotopic (exact) mass is 271 g/mol. The fourth-order valence-electron chi connectivity index (χ4n) is 3.05. The van der Waals surface area contributed by atoms with Gasteiger partial charge in [0, 0.05) is 27.6 Å². The van der Waals surface area contributed by atoms with Gasteiger partial charge in [0.2, 0.25) is 0 Å². The number of fused-ring (bicyclic) bond motifs is 1. The largest absolute Gasteiger partial charge is 0.303 e. The van der Waals surface area contributed by atoms with Crippen LogP contribution in [0.15, 0.2) is 24.4 Å². The first kappa shape index (κ1) is 12.5. The highest BCUT2D eigenvalue weighted by Gasteiger charge is 2.30. The number of hydrogen-bond donors (Lipinski definition) is 0. The maximum atomic E-state index is 11.4. The Morgan fingerprint density at radius 1 is 1.32 bits per heavy atom. The van der Waals surface area contributed by atoms with Crippen molar-refractivity contribution in [2.45, 2.75) is 38.5 Å². The zero-order valence-corrected chi connectivity index (χ0v) is 12.0. The Bertz CT molecular complexity index is 617. The van der Waals surface area contributed by atoms with E-state index in [-0.39, 0.29) is 5.92 Å². The Morgan fingerprint density at radius 3 is 2.84 bits per heavy atom. The molecule has 0 bridgehead atoms. The zero-order chi connectivity index (χ0) is 13.4. The molecule has 3 heteroatoms. The van der Waals surface area contributed by atoms with E-state index in [0.29, 0.717) is 5.92 Å². The second-order valence-corrected chi connectivity index (χ2v) is 6.64. The van der Waals surface area contributed by atoms with Crippen LogP contribution in [0.25, 0.3) is 0 Å². The van der Waals surface area contributed by atoms with Crippen molar-refractivity contribution >= 4 is 17.6 Å². The van der Waals surface area contributed by atoms with E-state index in [1.54, 1.807) is 0 Å². The smallest absolute Gasteiger partial charge is 0.127 e. The van der Waals surface area contributed by atoms with Crippen LogP contribution in [0.2, 0.25) is 0 Å². The van der Waals surface area contributed by atoms with E-state index in [1.165, 1.54) is 20.9 Å². The third-order valence-corrected chi connectivity index (χ3v) is 5.13. The molecule has 3 rings (SSSR count). The van der Waals surface area contributed by atoms with E-state index in [9.17, 15) is 4.79 Å². The molecule has 2 atom stereocenters. The van der Waals surface area contributed by atoms with Gasteiger partial charge in [0.1, 0.15) is 6.29 Å². The van der Waals surface area contributed by atoms with Gasteiger partial charge in [-0.3, -0.25) is 4.98 Å². The zero-order valence-electron chi connectivity index (χ0n) is 11.2. The standard InChI is InChI=1S/C16H17NOS/c1-10-5-6-17-14-8-12(7-13(9-18)16(10)14)15-4-3-11(2)19-15/h3-6,9,12-13H,7-8H2,1-2H3. The van der Waals surface area contributed by atoms with Gasteiger partial charge in [-0.1, -0.05) is 0 Å². The van der Waals surface area contributed by atoms with Crippen molar-refractivity contribution in [1.29, 1.82) is 0 Å². The fourth-order valence-corrected chi connectivity index (χ4v) is 4.04. The van der Waals surface area contributed by atoms with E-state index >= 15 is 0 Å². The van der Waals surface area contributed by atoms with Crippen LogP contribution >= 0.6 is 11.3 Å². The first-order chi connectivity index (χ1) is 9.19. The Hall–Kier alpha value is -1.48. The molecule has 19 heavy (non-hydrogen) atoms. The predicted octanol–water partition coefficient (Wildman–Crippen LogP) is 3.77. The summed E-state index contributed by atoms with van der Waals surface area (Å²) in [7, 11) is 0. The average molecular weight is 271 g/mol. The number of rotatable bonds is 2. The van der Waals surface area contributed by atoms with Gasteiger partial charge in [-0.05, 0) is 61.9 Å². The third-order valence-electron chi connectivity index (χ3n) is 3.97. The van der Waals surface area contributed by atoms with E-state index < -0.39 is 0 Å². The highest BCUT2D eigenvalue weighted by atomic mass is 32.1. The predicted molar refractivity (Wildman–Crippen MR) is 77.9 cm³/mol. The van der Waals surface area contributed by atoms with Gasteiger partial charge in [0.15, 0.2) is 0 Å². The molecule has 2 aromatic heterocycles. The molecular formula is C16H17NOS. The highest BCUT2D eigenvalue weighted by Crippen LogP contribution is 2.41. The molecule has 0 saturated carbocycles. The molecule has 0 amide bonds. The van der Waals surface area contributed by atoms with Crippen LogP contribution in [0, 0.1) is 13.8 Å². The Labute approximate surface area is 117 Å². The van der Waals surface area contributed by atoms with Crippen molar-refractivity contribution in [1.82, 2.24) is 4.98 Å². The van der Waals surface area contributed by atoms with Crippen molar-refractivity contribution in [2.24, 2.45) is 0 Å². The number of carbonyl (C=O) groups excluding carboxylic acids is 1. The summed E-state index contributed by atoms with van der Waals surface area (Å²) >= 11 is 1.84. The second-order valence-electron chi connectivity index (χ2n) is 5.32. The third kappa shape index (κ3) is 2.23. The van der Waals surface area contributed by atoms with Crippen molar-refractivity contribution in [3.8, 4) is 0 Å². The van der Waals surface area contributed by atoms with E-state index in [1.807, 2.05) is 23.6 Å². The molecule has 0 fully saturated rings. The second kappa shape index (κ2) is 4.89. The minimum absolute atomic E-state index is 0.00450. The first-order valence-electron chi connectivity index (χ1n) is 6.65. The molecule has 2 heterocycles. The minimum atomic E-state index is 0.00450. The van der Waals surface area contributed by atoms with Gasteiger partial charge in [0.25, 0.3) is 0 Å². The van der Waals surface area contributed by atoms with Crippen molar-refractivity contribution in [2.75, 3.05) is 0 Å². The topological polar surface area (TPSA) is 30.0 Å². The van der Waals surface area contributed by atoms with E-state index in [0.717, 1.165) is 24.8 Å². The molecule has 1 aliphatic carbocycles. The van der Waals surface area contributed by atoms with Crippen LogP contribution in [0.1, 0.15) is 44.8 Å². The van der Waals surface area contributed by atoms with Gasteiger partial charge < -0.3 is 4.79 Å². The number of carbonyl (C=O) groups is 1. The molecule has 2 unspecified atom stereocenters. The molecule has 0 N–H and O–H groups in total. The normalized spacial score (nSPS) is 22.0. The lowest BCUT2D eigenvalue weighted by atomic mass is 9.77. The summed E-state index contributed by atoms with van der Waals surface area (Å²) in [4.78, 5) is 18.7. The van der Waals surface area contributed by atoms with Crippen molar-refractivity contribution in [3.05, 3.63) is 51.0 Å². The summed E-state index contributed by atoms with van der Waals surface area (Å²) in [5.74, 6) is 0.445. The summed E-state index contributed by atoms with van der Waals surface area (Å²) in [6.07, 6.45) is 4.84. The van der Waals surface area contributed by atoms with Gasteiger partial charge in [-0.15, -0.1) is 11.3 Å². The number of aldehydes is 1. The molecule has 0 aromatic carbocycles. The van der Waals surface area contributed by atoms with Crippen molar-refractivity contribution < 1.29 is 4.79 Å². The van der Waals surface area contributed by atoms with E-state index in [4.69, 9.17) is 0 Å². The minimum Gasteiger partial charge on any atom is -0.303 e. The molecule has 2 aromatic rings. The maximum absolute atomic E-state index is 11.4. The molecular weight excluding hydrogens is 254 g/mol. The molecule has 2 nitrogen and oxygen atoms in total. The Kier molecular flexibility index (Phi) is 3.23. The quantitative estimate of drug-likeness (QED) is 0.778. The SMILES string of the molecule is Cc1ccc(C2Cc3nccc(C)c3C(C=O)C2)s1. The van der Waals surface area contributed by atoms with Gasteiger partial charge in [-0.2, -0.15) is 0 Å². The van der Waals surface area contributed by atoms with Gasteiger partial charge in [-0.25, -0.2) is 0 Å². The summed E-state index contributed by atoms with van der Waals surface area (Å²) in [5, 5.41) is 0. The highest BCUT2D eigenvalue weighted by molar-refractivity contribution is 7.12. The van der Waals surface area contributed by atoms with Crippen LogP contribution in [-0.2, 0) is 11.2 Å². The molecule has 0 saturated heterocycles. The van der Waals surface area contributed by atoms with Crippen LogP contribution < -0.4 is 0 Å². The fraction of sp³-hybridized carbons (Fsp3) is 0.375. The van der Waals surface area contributed by atoms with Crippen LogP contribution in [0.5, 0.6) is 0 Å². The Morgan fingerprint density at radius 2 is 2.16 bits per heavy atom. The molecule has 98 valence electrons. The molecule has 0 spiro atoms. The molecule has 0 aliphatic heterocycles. The van der Waals surface area contributed by atoms with Crippen LogP contribution in [-0.4, -0.2) is 11.3 Å². The first-order valence-corrected chi connectivity index (χ1v) is 7.46. The number of aryl methyl sites for hydroxylation is 2. The summed E-state index contributed by atoms with van der Waals surface area (Å²) in [5.41, 5.74) is 3.48. The summed E-state index contributed by atoms with van der Waals surface area (Å²) in [6, 6.07) is 6.37. The number of nitrogens with zero attached hydrogens (tertiary/aromatic N) is 1. The number of thiophene rings is 1. The lowest BCUT2D eigenvalue weighted by Crippen LogP contribution is -2.20. The maximum Gasteiger partial charge on any atom is 0.127 e. The summed E-state index contributed by atoms with van der Waals surface area (Å²) in [6.45, 7) is 4.21. The van der Waals surface area contributed by atoms with E-state index in [2.05, 4.69) is 31.0 Å². The lowest BCUT2D eigenvalue weighted by Gasteiger charge is -2.28. The molecule has 1 aliphatic rings. The van der Waals surface area contributed by atoms with Crippen LogP contribution in [0.4, 0.5) is 0 Å². The van der Waals surface area contributed by atoms with Crippen molar-refractivity contribution in [3.63, 3.8) is 0 Å². The number of pyridine rings is 1. The van der Waals surface area contributed by atoms with Gasteiger partial charge in [0.05, 0.1) is 0 Å². The van der Waals surface area contributed by atoms with Crippen LogP contribution in [0.3, 0.4) is 0 Å². The lowest BCUT2D eigenvalue weighted by molar-refractivity contribution is -0.109. The average Bonchev–Trinajstić information content (AvgIpc) is 2.84.